The fourth-order valence-corrected chi connectivity index (χ4v) is 3.55. The molecular formula is C22H23FN6O3. The van der Waals surface area contributed by atoms with Gasteiger partial charge in [0, 0.05) is 18.5 Å². The van der Waals surface area contributed by atoms with Crippen LogP contribution in [0.25, 0.3) is 11.0 Å². The maximum Gasteiger partial charge on any atom is 0.264 e. The first-order valence-electron chi connectivity index (χ1n) is 10.3. The first kappa shape index (κ1) is 21.4. The highest BCUT2D eigenvalue weighted by molar-refractivity contribution is 5.76. The van der Waals surface area contributed by atoms with Crippen molar-refractivity contribution >= 4 is 16.9 Å². The Hall–Kier alpha value is -3.82. The van der Waals surface area contributed by atoms with Gasteiger partial charge in [-0.25, -0.2) is 14.1 Å². The van der Waals surface area contributed by atoms with Crippen LogP contribution in [0.2, 0.25) is 0 Å². The number of hydrogen-bond acceptors (Lipinski definition) is 6. The standard InChI is InChI=1S/C22H23FN6O3/c1-14-18(15(2)32-27-14)7-8-20(30)24-9-10-29-21-19(11-26-29)22(31)28(13-25-21)12-16-3-5-17(23)6-4-16/h3-6,11,13H,7-10,12H2,1-2H3,(H,24,30). The summed E-state index contributed by atoms with van der Waals surface area (Å²) >= 11 is 0. The molecule has 0 saturated heterocycles. The van der Waals surface area contributed by atoms with Crippen LogP contribution in [-0.4, -0.2) is 36.9 Å². The van der Waals surface area contributed by atoms with E-state index >= 15 is 0 Å². The number of aryl methyl sites for hydroxylation is 2. The summed E-state index contributed by atoms with van der Waals surface area (Å²) in [7, 11) is 0. The number of amides is 1. The number of benzene rings is 1. The average molecular weight is 438 g/mol. The topological polar surface area (TPSA) is 108 Å². The lowest BCUT2D eigenvalue weighted by molar-refractivity contribution is -0.121. The minimum absolute atomic E-state index is 0.0870. The highest BCUT2D eigenvalue weighted by Crippen LogP contribution is 2.14. The fraction of sp³-hybridized carbons (Fsp3) is 0.318. The number of aromatic nitrogens is 5. The molecule has 0 fully saturated rings. The molecule has 0 aliphatic carbocycles. The minimum atomic E-state index is -0.327. The Morgan fingerprint density at radius 2 is 2.00 bits per heavy atom. The molecule has 32 heavy (non-hydrogen) atoms. The largest absolute Gasteiger partial charge is 0.361 e. The van der Waals surface area contributed by atoms with Crippen LogP contribution in [0, 0.1) is 19.7 Å². The van der Waals surface area contributed by atoms with Gasteiger partial charge in [-0.1, -0.05) is 17.3 Å². The highest BCUT2D eigenvalue weighted by Gasteiger charge is 2.13. The highest BCUT2D eigenvalue weighted by atomic mass is 19.1. The Labute approximate surface area is 182 Å². The molecule has 4 rings (SSSR count). The lowest BCUT2D eigenvalue weighted by Crippen LogP contribution is -2.28. The van der Waals surface area contributed by atoms with Gasteiger partial charge in [0.2, 0.25) is 5.91 Å². The molecule has 0 aliphatic rings. The summed E-state index contributed by atoms with van der Waals surface area (Å²) in [5.41, 5.74) is 2.78. The molecule has 0 radical (unpaired) electrons. The van der Waals surface area contributed by atoms with Crippen LogP contribution >= 0.6 is 0 Å². The van der Waals surface area contributed by atoms with E-state index in [9.17, 15) is 14.0 Å². The van der Waals surface area contributed by atoms with Crippen molar-refractivity contribution in [3.05, 3.63) is 75.5 Å². The van der Waals surface area contributed by atoms with Gasteiger partial charge in [0.25, 0.3) is 5.56 Å². The molecule has 0 unspecified atom stereocenters. The number of fused-ring (bicyclic) bond motifs is 1. The lowest BCUT2D eigenvalue weighted by atomic mass is 10.1. The van der Waals surface area contributed by atoms with Crippen molar-refractivity contribution < 1.29 is 13.7 Å². The molecule has 0 bridgehead atoms. The summed E-state index contributed by atoms with van der Waals surface area (Å²) in [6, 6.07) is 5.97. The van der Waals surface area contributed by atoms with E-state index in [0.29, 0.717) is 37.0 Å². The van der Waals surface area contributed by atoms with Crippen LogP contribution in [0.3, 0.4) is 0 Å². The number of nitrogens with zero attached hydrogens (tertiary/aromatic N) is 5. The minimum Gasteiger partial charge on any atom is -0.361 e. The SMILES string of the molecule is Cc1noc(C)c1CCC(=O)NCCn1ncc2c(=O)n(Cc3ccc(F)cc3)cnc21. The summed E-state index contributed by atoms with van der Waals surface area (Å²) in [5.74, 6) is 0.317. The second-order valence-electron chi connectivity index (χ2n) is 7.56. The zero-order valence-corrected chi connectivity index (χ0v) is 17.8. The van der Waals surface area contributed by atoms with Gasteiger partial charge in [-0.15, -0.1) is 0 Å². The van der Waals surface area contributed by atoms with E-state index in [0.717, 1.165) is 22.6 Å². The zero-order chi connectivity index (χ0) is 22.7. The van der Waals surface area contributed by atoms with E-state index in [-0.39, 0.29) is 23.8 Å². The fourth-order valence-electron chi connectivity index (χ4n) is 3.55. The second kappa shape index (κ2) is 9.13. The van der Waals surface area contributed by atoms with Gasteiger partial charge in [0.1, 0.15) is 23.3 Å². The van der Waals surface area contributed by atoms with Crippen molar-refractivity contribution in [2.45, 2.75) is 39.8 Å². The molecule has 10 heteroatoms. The van der Waals surface area contributed by atoms with Gasteiger partial charge in [0.05, 0.1) is 25.0 Å². The van der Waals surface area contributed by atoms with Gasteiger partial charge in [-0.2, -0.15) is 5.10 Å². The molecule has 0 aliphatic heterocycles. The number of nitrogens with one attached hydrogen (secondary N) is 1. The van der Waals surface area contributed by atoms with E-state index in [1.54, 1.807) is 16.8 Å². The molecule has 1 aromatic carbocycles. The second-order valence-corrected chi connectivity index (χ2v) is 7.56. The van der Waals surface area contributed by atoms with Crippen molar-refractivity contribution in [3.63, 3.8) is 0 Å². The molecule has 0 atom stereocenters. The van der Waals surface area contributed by atoms with Crippen molar-refractivity contribution in [1.82, 2.24) is 29.8 Å². The van der Waals surface area contributed by atoms with Crippen molar-refractivity contribution in [3.8, 4) is 0 Å². The molecule has 1 N–H and O–H groups in total. The van der Waals surface area contributed by atoms with Crippen LogP contribution < -0.4 is 10.9 Å². The number of rotatable bonds is 8. The summed E-state index contributed by atoms with van der Waals surface area (Å²) in [4.78, 5) is 29.3. The van der Waals surface area contributed by atoms with E-state index in [2.05, 4.69) is 20.6 Å². The Balaban J connectivity index is 1.35. The molecule has 0 spiro atoms. The smallest absolute Gasteiger partial charge is 0.264 e. The van der Waals surface area contributed by atoms with E-state index in [4.69, 9.17) is 4.52 Å². The van der Waals surface area contributed by atoms with Crippen molar-refractivity contribution in [2.24, 2.45) is 0 Å². The Morgan fingerprint density at radius 3 is 2.72 bits per heavy atom. The van der Waals surface area contributed by atoms with Crippen LogP contribution in [0.4, 0.5) is 4.39 Å². The van der Waals surface area contributed by atoms with Crippen LogP contribution in [0.5, 0.6) is 0 Å². The van der Waals surface area contributed by atoms with E-state index in [1.165, 1.54) is 29.2 Å². The summed E-state index contributed by atoms with van der Waals surface area (Å²) in [6.07, 6.45) is 3.82. The molecular weight excluding hydrogens is 415 g/mol. The third kappa shape index (κ3) is 4.58. The Bertz CT molecular complexity index is 1290. The van der Waals surface area contributed by atoms with Gasteiger partial charge in [0.15, 0.2) is 5.65 Å². The first-order chi connectivity index (χ1) is 15.4. The predicted octanol–water partition coefficient (Wildman–Crippen LogP) is 2.13. The molecule has 166 valence electrons. The molecule has 3 aromatic heterocycles. The quantitative estimate of drug-likeness (QED) is 0.452. The Kier molecular flexibility index (Phi) is 6.11. The maximum atomic E-state index is 13.1. The van der Waals surface area contributed by atoms with Gasteiger partial charge < -0.3 is 9.84 Å². The lowest BCUT2D eigenvalue weighted by Gasteiger charge is -2.08. The molecule has 4 aromatic rings. The molecule has 3 heterocycles. The third-order valence-electron chi connectivity index (χ3n) is 5.32. The van der Waals surface area contributed by atoms with Crippen LogP contribution in [0.15, 0.2) is 46.1 Å². The third-order valence-corrected chi connectivity index (χ3v) is 5.32. The summed E-state index contributed by atoms with van der Waals surface area (Å²) < 4.78 is 21.2. The average Bonchev–Trinajstić information content (AvgIpc) is 3.33. The summed E-state index contributed by atoms with van der Waals surface area (Å²) in [5, 5.41) is 11.4. The van der Waals surface area contributed by atoms with Gasteiger partial charge >= 0.3 is 0 Å². The van der Waals surface area contributed by atoms with Crippen LogP contribution in [-0.2, 0) is 24.3 Å². The van der Waals surface area contributed by atoms with E-state index in [1.807, 2.05) is 13.8 Å². The molecule has 1 amide bonds. The molecule has 0 saturated carbocycles. The number of carbonyl (C=O) groups is 1. The van der Waals surface area contributed by atoms with Gasteiger partial charge in [-0.3, -0.25) is 14.2 Å². The molecule has 9 nitrogen and oxygen atoms in total. The van der Waals surface area contributed by atoms with Gasteiger partial charge in [-0.05, 0) is 38.0 Å². The number of halogens is 1. The number of carbonyl (C=O) groups excluding carboxylic acids is 1. The predicted molar refractivity (Wildman–Crippen MR) is 115 cm³/mol. The van der Waals surface area contributed by atoms with E-state index < -0.39 is 0 Å². The normalized spacial score (nSPS) is 11.2. The monoisotopic (exact) mass is 438 g/mol. The number of hydrogen-bond donors (Lipinski definition) is 1. The Morgan fingerprint density at radius 1 is 1.22 bits per heavy atom. The van der Waals surface area contributed by atoms with Crippen LogP contribution in [0.1, 0.15) is 29.0 Å². The maximum absolute atomic E-state index is 13.1. The zero-order valence-electron chi connectivity index (χ0n) is 17.8. The van der Waals surface area contributed by atoms with Crippen molar-refractivity contribution in [2.75, 3.05) is 6.54 Å². The first-order valence-corrected chi connectivity index (χ1v) is 10.3. The summed E-state index contributed by atoms with van der Waals surface area (Å²) in [6.45, 7) is 4.71. The van der Waals surface area contributed by atoms with Crippen molar-refractivity contribution in [1.29, 1.82) is 0 Å².